The molecule has 1 aliphatic heterocycles. The van der Waals surface area contributed by atoms with Gasteiger partial charge in [-0.15, -0.1) is 0 Å². The molecule has 4 aromatic rings. The van der Waals surface area contributed by atoms with Crippen molar-refractivity contribution < 1.29 is 14.7 Å². The van der Waals surface area contributed by atoms with E-state index in [-0.39, 0.29) is 11.3 Å². The molecule has 0 radical (unpaired) electrons. The van der Waals surface area contributed by atoms with Gasteiger partial charge in [-0.25, -0.2) is 4.98 Å². The van der Waals surface area contributed by atoms with E-state index in [2.05, 4.69) is 4.98 Å². The SMILES string of the molecule is Cc1ccc(C2/C(=C(\O)c3ccc(Cl)cc3)C(=O)C(=O)N2c2nc3ccc(C)cc3s2)cc1. The highest BCUT2D eigenvalue weighted by Gasteiger charge is 2.48. The number of carbonyl (C=O) groups excluding carboxylic acids is 2. The number of hydrogen-bond donors (Lipinski definition) is 1. The molecule has 1 aliphatic rings. The lowest BCUT2D eigenvalue weighted by molar-refractivity contribution is -0.132. The van der Waals surface area contributed by atoms with Crippen LogP contribution in [0.5, 0.6) is 0 Å². The second-order valence-corrected chi connectivity index (χ2v) is 9.50. The van der Waals surface area contributed by atoms with Crippen molar-refractivity contribution in [3.8, 4) is 0 Å². The summed E-state index contributed by atoms with van der Waals surface area (Å²) in [7, 11) is 0. The maximum absolute atomic E-state index is 13.3. The Balaban J connectivity index is 1.73. The molecular formula is C26H19ClN2O3S. The van der Waals surface area contributed by atoms with Crippen LogP contribution in [0.15, 0.2) is 72.3 Å². The molecule has 0 spiro atoms. The van der Waals surface area contributed by atoms with Crippen LogP contribution >= 0.6 is 22.9 Å². The lowest BCUT2D eigenvalue weighted by atomic mass is 9.95. The van der Waals surface area contributed by atoms with Crippen molar-refractivity contribution in [3.63, 3.8) is 0 Å². The van der Waals surface area contributed by atoms with Crippen LogP contribution in [0.2, 0.25) is 5.02 Å². The van der Waals surface area contributed by atoms with Crippen LogP contribution in [0.4, 0.5) is 5.13 Å². The Morgan fingerprint density at radius 2 is 1.64 bits per heavy atom. The Morgan fingerprint density at radius 3 is 2.33 bits per heavy atom. The summed E-state index contributed by atoms with van der Waals surface area (Å²) < 4.78 is 0.923. The van der Waals surface area contributed by atoms with E-state index in [0.29, 0.717) is 21.3 Å². The first kappa shape index (κ1) is 21.4. The molecule has 7 heteroatoms. The number of nitrogens with zero attached hydrogens (tertiary/aromatic N) is 2. The maximum Gasteiger partial charge on any atom is 0.301 e. The van der Waals surface area contributed by atoms with Gasteiger partial charge in [0.15, 0.2) is 5.13 Å². The summed E-state index contributed by atoms with van der Waals surface area (Å²) in [5.74, 6) is -1.70. The number of ketones is 1. The minimum Gasteiger partial charge on any atom is -0.507 e. The molecule has 3 aromatic carbocycles. The van der Waals surface area contributed by atoms with Gasteiger partial charge in [-0.05, 0) is 61.4 Å². The van der Waals surface area contributed by atoms with Gasteiger partial charge in [0.05, 0.1) is 21.8 Å². The third-order valence-corrected chi connectivity index (χ3v) is 6.96. The molecule has 164 valence electrons. The summed E-state index contributed by atoms with van der Waals surface area (Å²) in [5.41, 5.74) is 4.03. The van der Waals surface area contributed by atoms with E-state index in [9.17, 15) is 14.7 Å². The number of benzene rings is 3. The highest BCUT2D eigenvalue weighted by Crippen LogP contribution is 2.44. The molecular weight excluding hydrogens is 456 g/mol. The Bertz CT molecular complexity index is 1440. The first-order chi connectivity index (χ1) is 15.8. The topological polar surface area (TPSA) is 70.5 Å². The van der Waals surface area contributed by atoms with Gasteiger partial charge in [0.2, 0.25) is 0 Å². The number of aliphatic hydroxyl groups is 1. The molecule has 1 N–H and O–H groups in total. The zero-order chi connectivity index (χ0) is 23.3. The molecule has 1 aromatic heterocycles. The summed E-state index contributed by atoms with van der Waals surface area (Å²) >= 11 is 7.33. The van der Waals surface area contributed by atoms with Crippen LogP contribution in [0.1, 0.15) is 28.3 Å². The minimum atomic E-state index is -0.803. The van der Waals surface area contributed by atoms with E-state index >= 15 is 0 Å². The molecule has 1 unspecified atom stereocenters. The Kier molecular flexibility index (Phi) is 5.27. The lowest BCUT2D eigenvalue weighted by Gasteiger charge is -2.23. The lowest BCUT2D eigenvalue weighted by Crippen LogP contribution is -2.29. The van der Waals surface area contributed by atoms with Crippen molar-refractivity contribution in [2.24, 2.45) is 0 Å². The number of aliphatic hydroxyl groups excluding tert-OH is 1. The first-order valence-electron chi connectivity index (χ1n) is 10.3. The molecule has 1 saturated heterocycles. The monoisotopic (exact) mass is 474 g/mol. The van der Waals surface area contributed by atoms with Gasteiger partial charge < -0.3 is 5.11 Å². The van der Waals surface area contributed by atoms with E-state index in [1.165, 1.54) is 16.2 Å². The van der Waals surface area contributed by atoms with Crippen molar-refractivity contribution in [1.82, 2.24) is 4.98 Å². The van der Waals surface area contributed by atoms with Gasteiger partial charge in [0.1, 0.15) is 5.76 Å². The third-order valence-electron chi connectivity index (χ3n) is 5.69. The van der Waals surface area contributed by atoms with Gasteiger partial charge in [0, 0.05) is 10.6 Å². The van der Waals surface area contributed by atoms with E-state index in [4.69, 9.17) is 11.6 Å². The Hall–Kier alpha value is -3.48. The number of amides is 1. The third kappa shape index (κ3) is 3.71. The van der Waals surface area contributed by atoms with Crippen LogP contribution < -0.4 is 4.90 Å². The molecule has 0 bridgehead atoms. The predicted molar refractivity (Wildman–Crippen MR) is 132 cm³/mol. The summed E-state index contributed by atoms with van der Waals surface area (Å²) in [6, 6.07) is 19.1. The number of carbonyl (C=O) groups is 2. The highest BCUT2D eigenvalue weighted by molar-refractivity contribution is 7.22. The molecule has 33 heavy (non-hydrogen) atoms. The second kappa shape index (κ2) is 8.14. The van der Waals surface area contributed by atoms with Gasteiger partial charge in [-0.1, -0.05) is 58.8 Å². The molecule has 0 saturated carbocycles. The number of aromatic nitrogens is 1. The molecule has 1 atom stereocenters. The van der Waals surface area contributed by atoms with E-state index in [0.717, 1.165) is 21.3 Å². The number of thiazole rings is 1. The predicted octanol–water partition coefficient (Wildman–Crippen LogP) is 6.19. The number of rotatable bonds is 3. The van der Waals surface area contributed by atoms with E-state index < -0.39 is 17.7 Å². The zero-order valence-electron chi connectivity index (χ0n) is 17.9. The fourth-order valence-electron chi connectivity index (χ4n) is 3.98. The number of aryl methyl sites for hydroxylation is 2. The Labute approximate surface area is 199 Å². The van der Waals surface area contributed by atoms with Crippen molar-refractivity contribution in [3.05, 3.63) is 99.6 Å². The smallest absolute Gasteiger partial charge is 0.301 e. The zero-order valence-corrected chi connectivity index (χ0v) is 19.4. The van der Waals surface area contributed by atoms with E-state index in [1.807, 2.05) is 56.3 Å². The summed E-state index contributed by atoms with van der Waals surface area (Å²) in [4.78, 5) is 32.5. The summed E-state index contributed by atoms with van der Waals surface area (Å²) in [5, 5.41) is 12.1. The summed E-state index contributed by atoms with van der Waals surface area (Å²) in [6.07, 6.45) is 0. The van der Waals surface area contributed by atoms with Crippen molar-refractivity contribution >= 4 is 55.7 Å². The van der Waals surface area contributed by atoms with Gasteiger partial charge in [-0.2, -0.15) is 0 Å². The van der Waals surface area contributed by atoms with Crippen molar-refractivity contribution in [2.75, 3.05) is 4.90 Å². The molecule has 5 rings (SSSR count). The summed E-state index contributed by atoms with van der Waals surface area (Å²) in [6.45, 7) is 3.95. The fourth-order valence-corrected chi connectivity index (χ4v) is 5.20. The number of Topliss-reactive ketones (excluding diaryl/α,β-unsaturated/α-hetero) is 1. The molecule has 0 aliphatic carbocycles. The average Bonchev–Trinajstić information content (AvgIpc) is 3.32. The van der Waals surface area contributed by atoms with Crippen LogP contribution in [0, 0.1) is 13.8 Å². The largest absolute Gasteiger partial charge is 0.507 e. The normalized spacial score (nSPS) is 17.8. The second-order valence-electron chi connectivity index (χ2n) is 8.05. The van der Waals surface area contributed by atoms with Crippen LogP contribution in [0.25, 0.3) is 16.0 Å². The van der Waals surface area contributed by atoms with Gasteiger partial charge in [-0.3, -0.25) is 14.5 Å². The minimum absolute atomic E-state index is 0.0293. The van der Waals surface area contributed by atoms with Crippen LogP contribution in [0.3, 0.4) is 0 Å². The van der Waals surface area contributed by atoms with Gasteiger partial charge in [0.25, 0.3) is 5.78 Å². The van der Waals surface area contributed by atoms with Gasteiger partial charge >= 0.3 is 5.91 Å². The number of halogens is 1. The van der Waals surface area contributed by atoms with Crippen molar-refractivity contribution in [2.45, 2.75) is 19.9 Å². The number of fused-ring (bicyclic) bond motifs is 1. The average molecular weight is 475 g/mol. The van der Waals surface area contributed by atoms with Crippen molar-refractivity contribution in [1.29, 1.82) is 0 Å². The first-order valence-corrected chi connectivity index (χ1v) is 11.5. The number of hydrogen-bond acceptors (Lipinski definition) is 5. The standard InChI is InChI=1S/C26H19ClN2O3S/c1-14-3-6-16(7-4-14)22-21(23(30)17-8-10-18(27)11-9-17)24(31)25(32)29(22)26-28-19-12-5-15(2)13-20(19)33-26/h3-13,22,30H,1-2H3/b23-21+. The quantitative estimate of drug-likeness (QED) is 0.218. The fraction of sp³-hybridized carbons (Fsp3) is 0.115. The Morgan fingerprint density at radius 1 is 0.970 bits per heavy atom. The van der Waals surface area contributed by atoms with Crippen LogP contribution in [-0.4, -0.2) is 21.8 Å². The maximum atomic E-state index is 13.3. The van der Waals surface area contributed by atoms with Crippen LogP contribution in [-0.2, 0) is 9.59 Å². The molecule has 1 fully saturated rings. The number of anilines is 1. The molecule has 1 amide bonds. The molecule has 5 nitrogen and oxygen atoms in total. The van der Waals surface area contributed by atoms with E-state index in [1.54, 1.807) is 24.3 Å². The highest BCUT2D eigenvalue weighted by atomic mass is 35.5. The molecule has 2 heterocycles.